The number of aromatic hydroxyl groups is 1. The van der Waals surface area contributed by atoms with Gasteiger partial charge in [-0.25, -0.2) is 0 Å². The number of methoxy groups -OCH3 is 1. The molecular formula is C17H18O4. The third-order valence-corrected chi connectivity index (χ3v) is 3.20. The number of hydrogen-bond donors (Lipinski definition) is 1. The molecule has 2 rings (SSSR count). The van der Waals surface area contributed by atoms with Crippen molar-refractivity contribution in [2.45, 2.75) is 12.8 Å². The van der Waals surface area contributed by atoms with E-state index in [0.29, 0.717) is 11.3 Å². The van der Waals surface area contributed by atoms with Crippen molar-refractivity contribution < 1.29 is 19.4 Å². The van der Waals surface area contributed by atoms with E-state index in [1.807, 2.05) is 31.2 Å². The van der Waals surface area contributed by atoms with E-state index >= 15 is 0 Å². The largest absolute Gasteiger partial charge is 0.508 e. The maximum atomic E-state index is 11.9. The number of carbonyl (C=O) groups excluding carboxylic acids is 1. The van der Waals surface area contributed by atoms with Gasteiger partial charge in [-0.15, -0.1) is 0 Å². The van der Waals surface area contributed by atoms with E-state index in [1.54, 1.807) is 24.3 Å². The number of aryl methyl sites for hydroxylation is 1. The second kappa shape index (κ2) is 6.79. The third-order valence-electron chi connectivity index (χ3n) is 3.20. The number of hydrogen-bond acceptors (Lipinski definition) is 4. The molecule has 4 nitrogen and oxygen atoms in total. The highest BCUT2D eigenvalue weighted by atomic mass is 16.5. The molecule has 1 unspecified atom stereocenters. The van der Waals surface area contributed by atoms with Gasteiger partial charge in [-0.05, 0) is 36.8 Å². The maximum Gasteiger partial charge on any atom is 0.316 e. The van der Waals surface area contributed by atoms with Crippen molar-refractivity contribution in [3.8, 4) is 11.5 Å². The number of carbonyl (C=O) groups is 1. The van der Waals surface area contributed by atoms with Crippen LogP contribution in [-0.4, -0.2) is 24.8 Å². The van der Waals surface area contributed by atoms with Gasteiger partial charge in [0.1, 0.15) is 24.0 Å². The lowest BCUT2D eigenvalue weighted by Gasteiger charge is -2.16. The van der Waals surface area contributed by atoms with E-state index in [4.69, 9.17) is 9.47 Å². The Balaban J connectivity index is 2.13. The minimum absolute atomic E-state index is 0.108. The van der Waals surface area contributed by atoms with Crippen LogP contribution in [0.25, 0.3) is 0 Å². The van der Waals surface area contributed by atoms with Gasteiger partial charge in [0.25, 0.3) is 0 Å². The lowest BCUT2D eigenvalue weighted by Crippen LogP contribution is -2.21. The summed E-state index contributed by atoms with van der Waals surface area (Å²) in [6.45, 7) is 2.15. The van der Waals surface area contributed by atoms with Gasteiger partial charge in [0.2, 0.25) is 0 Å². The molecule has 0 aliphatic carbocycles. The zero-order valence-corrected chi connectivity index (χ0v) is 12.1. The van der Waals surface area contributed by atoms with Crippen molar-refractivity contribution in [3.63, 3.8) is 0 Å². The summed E-state index contributed by atoms with van der Waals surface area (Å²) in [6, 6.07) is 14.1. The number of esters is 1. The van der Waals surface area contributed by atoms with Crippen molar-refractivity contribution in [1.82, 2.24) is 0 Å². The second-order valence-corrected chi connectivity index (χ2v) is 4.79. The van der Waals surface area contributed by atoms with E-state index in [1.165, 1.54) is 7.11 Å². The summed E-state index contributed by atoms with van der Waals surface area (Å²) in [5.74, 6) is -0.178. The Morgan fingerprint density at radius 1 is 1.19 bits per heavy atom. The van der Waals surface area contributed by atoms with Gasteiger partial charge in [0.15, 0.2) is 0 Å². The molecule has 21 heavy (non-hydrogen) atoms. The fourth-order valence-electron chi connectivity index (χ4n) is 2.00. The van der Waals surface area contributed by atoms with E-state index in [9.17, 15) is 9.90 Å². The predicted molar refractivity (Wildman–Crippen MR) is 79.5 cm³/mol. The zero-order chi connectivity index (χ0) is 15.2. The van der Waals surface area contributed by atoms with Crippen LogP contribution < -0.4 is 4.74 Å². The average molecular weight is 286 g/mol. The lowest BCUT2D eigenvalue weighted by atomic mass is 10.00. The highest BCUT2D eigenvalue weighted by molar-refractivity contribution is 5.78. The Hall–Kier alpha value is -2.49. The molecule has 0 spiro atoms. The Kier molecular flexibility index (Phi) is 4.82. The normalized spacial score (nSPS) is 11.7. The van der Waals surface area contributed by atoms with Crippen LogP contribution in [0.3, 0.4) is 0 Å². The smallest absolute Gasteiger partial charge is 0.316 e. The SMILES string of the molecule is COC(=O)C(COc1ccc(C)cc1)c1cccc(O)c1. The van der Waals surface area contributed by atoms with Crippen LogP contribution in [0, 0.1) is 6.92 Å². The van der Waals surface area contributed by atoms with Gasteiger partial charge in [-0.2, -0.15) is 0 Å². The summed E-state index contributed by atoms with van der Waals surface area (Å²) in [5, 5.41) is 9.54. The van der Waals surface area contributed by atoms with Crippen LogP contribution in [0.1, 0.15) is 17.0 Å². The molecule has 110 valence electrons. The third kappa shape index (κ3) is 3.99. The van der Waals surface area contributed by atoms with Crippen molar-refractivity contribution in [2.75, 3.05) is 13.7 Å². The van der Waals surface area contributed by atoms with Crippen LogP contribution in [0.5, 0.6) is 11.5 Å². The summed E-state index contributed by atoms with van der Waals surface area (Å²) in [6.07, 6.45) is 0. The second-order valence-electron chi connectivity index (χ2n) is 4.79. The molecule has 1 atom stereocenters. The Morgan fingerprint density at radius 2 is 1.90 bits per heavy atom. The van der Waals surface area contributed by atoms with Crippen molar-refractivity contribution in [1.29, 1.82) is 0 Å². The van der Waals surface area contributed by atoms with Gasteiger partial charge in [-0.1, -0.05) is 29.8 Å². The van der Waals surface area contributed by atoms with Crippen molar-refractivity contribution in [2.24, 2.45) is 0 Å². The van der Waals surface area contributed by atoms with Gasteiger partial charge in [0.05, 0.1) is 7.11 Å². The quantitative estimate of drug-likeness (QED) is 0.858. The Labute approximate surface area is 123 Å². The first-order valence-corrected chi connectivity index (χ1v) is 6.66. The van der Waals surface area contributed by atoms with E-state index in [0.717, 1.165) is 5.56 Å². The van der Waals surface area contributed by atoms with Crippen molar-refractivity contribution >= 4 is 5.97 Å². The molecule has 4 heteroatoms. The van der Waals surface area contributed by atoms with E-state index in [-0.39, 0.29) is 12.4 Å². The van der Waals surface area contributed by atoms with Gasteiger partial charge >= 0.3 is 5.97 Å². The molecule has 0 radical (unpaired) electrons. The number of phenolic OH excluding ortho intramolecular Hbond substituents is 1. The minimum Gasteiger partial charge on any atom is -0.508 e. The molecular weight excluding hydrogens is 268 g/mol. The standard InChI is InChI=1S/C17H18O4/c1-12-6-8-15(9-7-12)21-11-16(17(19)20-2)13-4-3-5-14(18)10-13/h3-10,16,18H,11H2,1-2H3. The maximum absolute atomic E-state index is 11.9. The zero-order valence-electron chi connectivity index (χ0n) is 12.1. The molecule has 2 aromatic rings. The van der Waals surface area contributed by atoms with Crippen LogP contribution in [-0.2, 0) is 9.53 Å². The Bertz CT molecular complexity index is 604. The van der Waals surface area contributed by atoms with E-state index < -0.39 is 11.9 Å². The summed E-state index contributed by atoms with van der Waals surface area (Å²) >= 11 is 0. The fourth-order valence-corrected chi connectivity index (χ4v) is 2.00. The average Bonchev–Trinajstić information content (AvgIpc) is 2.49. The molecule has 0 heterocycles. The number of benzene rings is 2. The first kappa shape index (κ1) is 14.9. The minimum atomic E-state index is -0.580. The van der Waals surface area contributed by atoms with E-state index in [2.05, 4.69) is 0 Å². The topological polar surface area (TPSA) is 55.8 Å². The molecule has 0 amide bonds. The predicted octanol–water partition coefficient (Wildman–Crippen LogP) is 3.04. The molecule has 2 aromatic carbocycles. The molecule has 0 aromatic heterocycles. The van der Waals surface area contributed by atoms with Crippen molar-refractivity contribution in [3.05, 3.63) is 59.7 Å². The van der Waals surface area contributed by atoms with Gasteiger partial charge < -0.3 is 14.6 Å². The molecule has 0 saturated heterocycles. The fraction of sp³-hybridized carbons (Fsp3) is 0.235. The van der Waals surface area contributed by atoms with Crippen LogP contribution in [0.4, 0.5) is 0 Å². The highest BCUT2D eigenvalue weighted by Gasteiger charge is 2.22. The monoisotopic (exact) mass is 286 g/mol. The van der Waals surface area contributed by atoms with Gasteiger partial charge in [-0.3, -0.25) is 4.79 Å². The number of rotatable bonds is 5. The first-order valence-electron chi connectivity index (χ1n) is 6.66. The molecule has 0 bridgehead atoms. The summed E-state index contributed by atoms with van der Waals surface area (Å²) in [7, 11) is 1.34. The summed E-state index contributed by atoms with van der Waals surface area (Å²) < 4.78 is 10.5. The molecule has 1 N–H and O–H groups in total. The molecule has 0 saturated carbocycles. The summed E-state index contributed by atoms with van der Waals surface area (Å²) in [5.41, 5.74) is 1.80. The summed E-state index contributed by atoms with van der Waals surface area (Å²) in [4.78, 5) is 11.9. The van der Waals surface area contributed by atoms with Gasteiger partial charge in [0, 0.05) is 0 Å². The van der Waals surface area contributed by atoms with Crippen LogP contribution in [0.2, 0.25) is 0 Å². The molecule has 0 aliphatic rings. The van der Waals surface area contributed by atoms with Crippen LogP contribution in [0.15, 0.2) is 48.5 Å². The Morgan fingerprint density at radius 3 is 2.52 bits per heavy atom. The number of phenols is 1. The lowest BCUT2D eigenvalue weighted by molar-refractivity contribution is -0.143. The molecule has 0 fully saturated rings. The molecule has 0 aliphatic heterocycles. The highest BCUT2D eigenvalue weighted by Crippen LogP contribution is 2.23. The van der Waals surface area contributed by atoms with Crippen LogP contribution >= 0.6 is 0 Å². The first-order chi connectivity index (χ1) is 10.1. The number of ether oxygens (including phenoxy) is 2.